The maximum absolute atomic E-state index is 13.8. The van der Waals surface area contributed by atoms with Gasteiger partial charge in [-0.2, -0.15) is 0 Å². The molecular weight excluding hydrogens is 408 g/mol. The number of nitrogens with zero attached hydrogens (tertiary/aromatic N) is 2. The molecule has 1 heterocycles. The van der Waals surface area contributed by atoms with Gasteiger partial charge < -0.3 is 9.80 Å². The molecule has 170 valence electrons. The van der Waals surface area contributed by atoms with Crippen molar-refractivity contribution in [2.24, 2.45) is 0 Å². The zero-order chi connectivity index (χ0) is 23.1. The number of carbonyl (C=O) groups is 2. The number of likely N-dealkylation sites (tertiary alicyclic amines) is 1. The molecule has 1 saturated heterocycles. The maximum atomic E-state index is 13.8. The van der Waals surface area contributed by atoms with Crippen molar-refractivity contribution in [3.05, 3.63) is 108 Å². The molecule has 4 heteroatoms. The molecule has 1 fully saturated rings. The van der Waals surface area contributed by atoms with E-state index >= 15 is 0 Å². The predicted octanol–water partition coefficient (Wildman–Crippen LogP) is 4.84. The summed E-state index contributed by atoms with van der Waals surface area (Å²) in [7, 11) is 1.89. The van der Waals surface area contributed by atoms with Gasteiger partial charge >= 0.3 is 0 Å². The van der Waals surface area contributed by atoms with E-state index in [4.69, 9.17) is 0 Å². The van der Waals surface area contributed by atoms with Crippen LogP contribution in [-0.2, 0) is 28.0 Å². The molecule has 3 aromatic rings. The van der Waals surface area contributed by atoms with Crippen LogP contribution in [0.1, 0.15) is 36.0 Å². The van der Waals surface area contributed by atoms with E-state index in [1.807, 2.05) is 83.6 Å². The Hall–Kier alpha value is -3.40. The van der Waals surface area contributed by atoms with Crippen LogP contribution in [0.5, 0.6) is 0 Å². The van der Waals surface area contributed by atoms with Gasteiger partial charge in [0.2, 0.25) is 11.8 Å². The van der Waals surface area contributed by atoms with E-state index in [1.54, 1.807) is 0 Å². The Morgan fingerprint density at radius 2 is 1.30 bits per heavy atom. The minimum absolute atomic E-state index is 0.133. The van der Waals surface area contributed by atoms with Crippen molar-refractivity contribution in [1.82, 2.24) is 9.80 Å². The first-order chi connectivity index (χ1) is 16.1. The van der Waals surface area contributed by atoms with Crippen LogP contribution >= 0.6 is 0 Å². The van der Waals surface area contributed by atoms with Gasteiger partial charge in [0, 0.05) is 33.1 Å². The molecule has 0 aliphatic carbocycles. The van der Waals surface area contributed by atoms with Gasteiger partial charge in [0.15, 0.2) is 0 Å². The smallest absolute Gasteiger partial charge is 0.233 e. The summed E-state index contributed by atoms with van der Waals surface area (Å²) in [5.74, 6) is 0.305. The van der Waals surface area contributed by atoms with Crippen LogP contribution < -0.4 is 0 Å². The highest BCUT2D eigenvalue weighted by atomic mass is 16.2. The molecule has 0 radical (unpaired) electrons. The Balaban J connectivity index is 1.46. The number of rotatable bonds is 7. The predicted molar refractivity (Wildman–Crippen MR) is 132 cm³/mol. The first-order valence-electron chi connectivity index (χ1n) is 11.8. The summed E-state index contributed by atoms with van der Waals surface area (Å²) < 4.78 is 0. The second kappa shape index (κ2) is 10.5. The zero-order valence-electron chi connectivity index (χ0n) is 19.3. The molecule has 0 saturated carbocycles. The Bertz CT molecular complexity index is 1040. The summed E-state index contributed by atoms with van der Waals surface area (Å²) >= 11 is 0. The van der Waals surface area contributed by atoms with Crippen molar-refractivity contribution in [1.29, 1.82) is 0 Å². The summed E-state index contributed by atoms with van der Waals surface area (Å²) in [5, 5.41) is 0. The van der Waals surface area contributed by atoms with Crippen LogP contribution in [0.15, 0.2) is 91.0 Å². The largest absolute Gasteiger partial charge is 0.343 e. The molecular formula is C29H32N2O2. The maximum Gasteiger partial charge on any atom is 0.233 e. The van der Waals surface area contributed by atoms with Gasteiger partial charge in [0.1, 0.15) is 0 Å². The van der Waals surface area contributed by atoms with Gasteiger partial charge in [-0.1, -0.05) is 91.0 Å². The number of benzene rings is 3. The highest BCUT2D eigenvalue weighted by Crippen LogP contribution is 2.37. The van der Waals surface area contributed by atoms with Crippen LogP contribution in [-0.4, -0.2) is 41.8 Å². The molecule has 3 aromatic carbocycles. The third-order valence-corrected chi connectivity index (χ3v) is 6.79. The summed E-state index contributed by atoms with van der Waals surface area (Å²) in [6.45, 7) is 1.79. The summed E-state index contributed by atoms with van der Waals surface area (Å²) in [5.41, 5.74) is 2.75. The normalized spacial score (nSPS) is 15.1. The highest BCUT2D eigenvalue weighted by molar-refractivity contribution is 5.89. The first kappa shape index (κ1) is 22.8. The summed E-state index contributed by atoms with van der Waals surface area (Å²) in [6, 6.07) is 30.3. The monoisotopic (exact) mass is 440 g/mol. The van der Waals surface area contributed by atoms with E-state index in [2.05, 4.69) is 24.3 Å². The summed E-state index contributed by atoms with van der Waals surface area (Å²) in [6.07, 6.45) is 2.54. The average molecular weight is 441 g/mol. The molecule has 33 heavy (non-hydrogen) atoms. The molecule has 0 N–H and O–H groups in total. The molecule has 0 atom stereocenters. The lowest BCUT2D eigenvalue weighted by Crippen LogP contribution is -2.53. The molecule has 1 aliphatic heterocycles. The fraction of sp³-hybridized carbons (Fsp3) is 0.310. The fourth-order valence-electron chi connectivity index (χ4n) is 4.87. The minimum atomic E-state index is -0.596. The van der Waals surface area contributed by atoms with Crippen molar-refractivity contribution < 1.29 is 9.59 Å². The van der Waals surface area contributed by atoms with Crippen molar-refractivity contribution in [3.63, 3.8) is 0 Å². The van der Waals surface area contributed by atoms with Crippen molar-refractivity contribution in [3.8, 4) is 0 Å². The van der Waals surface area contributed by atoms with Gasteiger partial charge in [-0.25, -0.2) is 0 Å². The molecule has 4 nitrogen and oxygen atoms in total. The van der Waals surface area contributed by atoms with Crippen molar-refractivity contribution in [2.75, 3.05) is 20.1 Å². The topological polar surface area (TPSA) is 40.6 Å². The third kappa shape index (κ3) is 5.33. The number of aryl methyl sites for hydroxylation is 1. The Morgan fingerprint density at radius 3 is 1.88 bits per heavy atom. The van der Waals surface area contributed by atoms with Gasteiger partial charge in [-0.05, 0) is 36.0 Å². The standard InChI is InChI=1S/C29H32N2O2/c1-30(23-25-13-7-3-8-14-25)28(33)29(26-15-9-4-10-16-26)19-21-31(22-20-29)27(32)18-17-24-11-5-2-6-12-24/h2-16H,17-23H2,1H3. The fourth-order valence-corrected chi connectivity index (χ4v) is 4.87. The van der Waals surface area contributed by atoms with Gasteiger partial charge in [-0.3, -0.25) is 9.59 Å². The quantitative estimate of drug-likeness (QED) is 0.528. The number of piperidine rings is 1. The Morgan fingerprint density at radius 1 is 0.788 bits per heavy atom. The number of amides is 2. The van der Waals surface area contributed by atoms with E-state index in [-0.39, 0.29) is 11.8 Å². The van der Waals surface area contributed by atoms with Crippen molar-refractivity contribution >= 4 is 11.8 Å². The molecule has 2 amide bonds. The minimum Gasteiger partial charge on any atom is -0.343 e. The molecule has 0 aromatic heterocycles. The van der Waals surface area contributed by atoms with Crippen LogP contribution in [0.4, 0.5) is 0 Å². The van der Waals surface area contributed by atoms with Crippen LogP contribution in [0.25, 0.3) is 0 Å². The molecule has 4 rings (SSSR count). The average Bonchev–Trinajstić information content (AvgIpc) is 2.88. The molecule has 1 aliphatic rings. The lowest BCUT2D eigenvalue weighted by atomic mass is 9.71. The molecule has 0 spiro atoms. The lowest BCUT2D eigenvalue weighted by Gasteiger charge is -2.43. The van der Waals surface area contributed by atoms with E-state index in [0.29, 0.717) is 38.9 Å². The lowest BCUT2D eigenvalue weighted by molar-refractivity contribution is -0.142. The number of hydrogen-bond acceptors (Lipinski definition) is 2. The van der Waals surface area contributed by atoms with Crippen LogP contribution in [0, 0.1) is 0 Å². The van der Waals surface area contributed by atoms with E-state index in [1.165, 1.54) is 5.56 Å². The van der Waals surface area contributed by atoms with Gasteiger partial charge in [-0.15, -0.1) is 0 Å². The Labute approximate surface area is 196 Å². The second-order valence-electron chi connectivity index (χ2n) is 8.96. The van der Waals surface area contributed by atoms with Gasteiger partial charge in [0.05, 0.1) is 5.41 Å². The van der Waals surface area contributed by atoms with Gasteiger partial charge in [0.25, 0.3) is 0 Å². The first-order valence-corrected chi connectivity index (χ1v) is 11.8. The number of likely N-dealkylation sites (N-methyl/N-ethyl adjacent to an activating group) is 1. The molecule has 0 bridgehead atoms. The Kier molecular flexibility index (Phi) is 7.23. The highest BCUT2D eigenvalue weighted by Gasteiger charge is 2.44. The van der Waals surface area contributed by atoms with Crippen molar-refractivity contribution in [2.45, 2.75) is 37.6 Å². The third-order valence-electron chi connectivity index (χ3n) is 6.79. The second-order valence-corrected chi connectivity index (χ2v) is 8.96. The number of hydrogen-bond donors (Lipinski definition) is 0. The molecule has 0 unspecified atom stereocenters. The summed E-state index contributed by atoms with van der Waals surface area (Å²) in [4.78, 5) is 30.5. The SMILES string of the molecule is CN(Cc1ccccc1)C(=O)C1(c2ccccc2)CCN(C(=O)CCc2ccccc2)CC1. The van der Waals surface area contributed by atoms with E-state index in [9.17, 15) is 9.59 Å². The zero-order valence-corrected chi connectivity index (χ0v) is 19.3. The van der Waals surface area contributed by atoms with Crippen LogP contribution in [0.2, 0.25) is 0 Å². The van der Waals surface area contributed by atoms with E-state index in [0.717, 1.165) is 17.5 Å². The van der Waals surface area contributed by atoms with Crippen LogP contribution in [0.3, 0.4) is 0 Å². The number of carbonyl (C=O) groups excluding carboxylic acids is 2. The van der Waals surface area contributed by atoms with E-state index < -0.39 is 5.41 Å².